The number of carbonyl (C=O) groups excluding carboxylic acids is 3. The second-order valence-electron chi connectivity index (χ2n) is 12.1. The fourth-order valence-corrected chi connectivity index (χ4v) is 4.90. The van der Waals surface area contributed by atoms with Crippen LogP contribution in [0.3, 0.4) is 0 Å². The van der Waals surface area contributed by atoms with E-state index in [0.717, 1.165) is 5.56 Å². The molecule has 208 valence electrons. The molecule has 0 N–H and O–H groups in total. The molecule has 9 heteroatoms. The second kappa shape index (κ2) is 9.25. The summed E-state index contributed by atoms with van der Waals surface area (Å²) in [5.74, 6) is -0.861. The summed E-state index contributed by atoms with van der Waals surface area (Å²) in [4.78, 5) is 38.5. The molecule has 0 fully saturated rings. The lowest BCUT2D eigenvalue weighted by atomic mass is 9.77. The SMILES string of the molecule is Cc1ccc2c(c1)C1(OC2=O)c2cc(Cl)c(OC(=O)C(C)(C)C)cc2Oc2cc(OC(=O)C(C)(C)C)c(Cl)cc21. The van der Waals surface area contributed by atoms with Gasteiger partial charge < -0.3 is 18.9 Å². The maximum atomic E-state index is 13.2. The molecule has 0 bridgehead atoms. The van der Waals surface area contributed by atoms with Crippen molar-refractivity contribution in [3.63, 3.8) is 0 Å². The van der Waals surface area contributed by atoms with E-state index in [0.29, 0.717) is 22.3 Å². The zero-order chi connectivity index (χ0) is 29.4. The van der Waals surface area contributed by atoms with Gasteiger partial charge in [-0.05, 0) is 66.7 Å². The van der Waals surface area contributed by atoms with Gasteiger partial charge in [0.05, 0.1) is 26.4 Å². The van der Waals surface area contributed by atoms with E-state index in [2.05, 4.69) is 0 Å². The van der Waals surface area contributed by atoms with Gasteiger partial charge >= 0.3 is 17.9 Å². The lowest BCUT2D eigenvalue weighted by Gasteiger charge is -2.37. The summed E-state index contributed by atoms with van der Waals surface area (Å²) in [5.41, 5.74) is -0.343. The summed E-state index contributed by atoms with van der Waals surface area (Å²) < 4.78 is 23.7. The van der Waals surface area contributed by atoms with Crippen LogP contribution in [0, 0.1) is 17.8 Å². The summed E-state index contributed by atoms with van der Waals surface area (Å²) in [7, 11) is 0. The monoisotopic (exact) mass is 582 g/mol. The first-order valence-corrected chi connectivity index (χ1v) is 13.4. The summed E-state index contributed by atoms with van der Waals surface area (Å²) in [6, 6.07) is 11.5. The Balaban J connectivity index is 1.75. The fraction of sp³-hybridized carbons (Fsp3) is 0.323. The smallest absolute Gasteiger partial charge is 0.340 e. The Bertz CT molecular complexity index is 1530. The standard InChI is InChI=1S/C31H28Cl2O7/c1-15-8-9-16-17(10-15)31(40-26(16)34)18-11-20(32)24(38-27(35)29(2,3)4)13-22(18)37-23-14-25(21(33)12-19(23)31)39-28(36)30(5,6)7/h8-14H,1-7H3. The number of benzene rings is 3. The molecular formula is C31H28Cl2O7. The number of aryl methyl sites for hydroxylation is 1. The molecule has 2 heterocycles. The van der Waals surface area contributed by atoms with E-state index in [1.165, 1.54) is 12.1 Å². The Morgan fingerprint density at radius 2 is 1.23 bits per heavy atom. The zero-order valence-electron chi connectivity index (χ0n) is 23.2. The lowest BCUT2D eigenvalue weighted by molar-refractivity contribution is -0.143. The van der Waals surface area contributed by atoms with Crippen molar-refractivity contribution in [2.24, 2.45) is 10.8 Å². The van der Waals surface area contributed by atoms with E-state index in [9.17, 15) is 14.4 Å². The Morgan fingerprint density at radius 3 is 1.68 bits per heavy atom. The van der Waals surface area contributed by atoms with Crippen molar-refractivity contribution in [2.75, 3.05) is 0 Å². The number of esters is 3. The van der Waals surface area contributed by atoms with E-state index >= 15 is 0 Å². The van der Waals surface area contributed by atoms with Gasteiger partial charge in [0.15, 0.2) is 17.1 Å². The molecule has 7 nitrogen and oxygen atoms in total. The minimum Gasteiger partial charge on any atom is -0.456 e. The number of hydrogen-bond donors (Lipinski definition) is 0. The van der Waals surface area contributed by atoms with Gasteiger partial charge in [-0.15, -0.1) is 0 Å². The molecule has 0 atom stereocenters. The van der Waals surface area contributed by atoms with Crippen LogP contribution in [0.2, 0.25) is 10.0 Å². The molecule has 0 aliphatic carbocycles. The fourth-order valence-electron chi connectivity index (χ4n) is 4.49. The molecular weight excluding hydrogens is 555 g/mol. The van der Waals surface area contributed by atoms with E-state index in [1.807, 2.05) is 19.1 Å². The van der Waals surface area contributed by atoms with Gasteiger partial charge in [-0.1, -0.05) is 40.9 Å². The van der Waals surface area contributed by atoms with E-state index in [-0.39, 0.29) is 33.0 Å². The van der Waals surface area contributed by atoms with Gasteiger partial charge in [0.1, 0.15) is 11.5 Å². The van der Waals surface area contributed by atoms with Gasteiger partial charge in [-0.2, -0.15) is 0 Å². The minimum absolute atomic E-state index is 0.0843. The molecule has 0 aromatic heterocycles. The minimum atomic E-state index is -1.48. The van der Waals surface area contributed by atoms with Crippen LogP contribution in [-0.4, -0.2) is 17.9 Å². The maximum Gasteiger partial charge on any atom is 0.340 e. The predicted molar refractivity (Wildman–Crippen MR) is 150 cm³/mol. The average molecular weight is 583 g/mol. The molecule has 5 rings (SSSR count). The van der Waals surface area contributed by atoms with Crippen molar-refractivity contribution in [2.45, 2.75) is 54.1 Å². The molecule has 3 aromatic rings. The largest absolute Gasteiger partial charge is 0.456 e. The van der Waals surface area contributed by atoms with Crippen molar-refractivity contribution in [3.05, 3.63) is 80.3 Å². The van der Waals surface area contributed by atoms with Crippen molar-refractivity contribution in [1.82, 2.24) is 0 Å². The van der Waals surface area contributed by atoms with E-state index in [1.54, 1.807) is 59.7 Å². The highest BCUT2D eigenvalue weighted by Crippen LogP contribution is 2.59. The first-order valence-electron chi connectivity index (χ1n) is 12.7. The molecule has 2 aliphatic rings. The highest BCUT2D eigenvalue weighted by molar-refractivity contribution is 6.33. The topological polar surface area (TPSA) is 88.1 Å². The third-order valence-electron chi connectivity index (χ3n) is 6.70. The molecule has 1 spiro atoms. The molecule has 3 aromatic carbocycles. The van der Waals surface area contributed by atoms with Crippen molar-refractivity contribution in [3.8, 4) is 23.0 Å². The van der Waals surface area contributed by atoms with Crippen LogP contribution in [0.4, 0.5) is 0 Å². The van der Waals surface area contributed by atoms with Crippen LogP contribution in [0.25, 0.3) is 0 Å². The Hall–Kier alpha value is -3.55. The molecule has 0 saturated carbocycles. The predicted octanol–water partition coefficient (Wildman–Crippen LogP) is 7.77. The maximum absolute atomic E-state index is 13.2. The second-order valence-corrected chi connectivity index (χ2v) is 12.9. The Morgan fingerprint density at radius 1 is 0.750 bits per heavy atom. The number of ether oxygens (including phenoxy) is 4. The van der Waals surface area contributed by atoms with Gasteiger partial charge in [-0.3, -0.25) is 9.59 Å². The molecule has 0 unspecified atom stereocenters. The highest BCUT2D eigenvalue weighted by Gasteiger charge is 2.54. The first-order chi connectivity index (χ1) is 18.5. The van der Waals surface area contributed by atoms with Crippen LogP contribution in [-0.2, 0) is 19.9 Å². The van der Waals surface area contributed by atoms with Gasteiger partial charge in [0.25, 0.3) is 0 Å². The van der Waals surface area contributed by atoms with Crippen LogP contribution < -0.4 is 14.2 Å². The van der Waals surface area contributed by atoms with Crippen LogP contribution >= 0.6 is 23.2 Å². The third kappa shape index (κ3) is 4.51. The number of hydrogen-bond acceptors (Lipinski definition) is 7. The molecule has 40 heavy (non-hydrogen) atoms. The van der Waals surface area contributed by atoms with E-state index < -0.39 is 34.3 Å². The quantitative estimate of drug-likeness (QED) is 0.225. The van der Waals surface area contributed by atoms with Crippen molar-refractivity contribution >= 4 is 41.1 Å². The van der Waals surface area contributed by atoms with Crippen LogP contribution in [0.15, 0.2) is 42.5 Å². The number of fused-ring (bicyclic) bond motifs is 6. The highest BCUT2D eigenvalue weighted by atomic mass is 35.5. The third-order valence-corrected chi connectivity index (χ3v) is 7.29. The van der Waals surface area contributed by atoms with Gasteiger partial charge in [0.2, 0.25) is 0 Å². The van der Waals surface area contributed by atoms with Gasteiger partial charge in [-0.25, -0.2) is 4.79 Å². The Labute approximate surface area is 242 Å². The lowest BCUT2D eigenvalue weighted by Crippen LogP contribution is -2.33. The first kappa shape index (κ1) is 28.0. The summed E-state index contributed by atoms with van der Waals surface area (Å²) >= 11 is 13.3. The molecule has 2 aliphatic heterocycles. The van der Waals surface area contributed by atoms with Crippen molar-refractivity contribution in [1.29, 1.82) is 0 Å². The van der Waals surface area contributed by atoms with E-state index in [4.69, 9.17) is 42.1 Å². The summed E-state index contributed by atoms with van der Waals surface area (Å²) in [6.45, 7) is 12.3. The van der Waals surface area contributed by atoms with Crippen molar-refractivity contribution < 1.29 is 33.3 Å². The number of rotatable bonds is 2. The van der Waals surface area contributed by atoms with Crippen LogP contribution in [0.5, 0.6) is 23.0 Å². The average Bonchev–Trinajstić information content (AvgIpc) is 3.12. The Kier molecular flexibility index (Phi) is 6.47. The summed E-state index contributed by atoms with van der Waals surface area (Å²) in [6.07, 6.45) is 0. The zero-order valence-corrected chi connectivity index (χ0v) is 24.7. The molecule has 0 amide bonds. The van der Waals surface area contributed by atoms with Crippen LogP contribution in [0.1, 0.15) is 74.2 Å². The number of carbonyl (C=O) groups is 3. The normalized spacial score (nSPS) is 15.0. The molecule has 0 radical (unpaired) electrons. The number of halogens is 2. The van der Waals surface area contributed by atoms with Gasteiger partial charge in [0, 0.05) is 28.8 Å². The molecule has 0 saturated heterocycles. The summed E-state index contributed by atoms with van der Waals surface area (Å²) in [5, 5.41) is 0.253.